The molecule has 1 saturated heterocycles. The molecule has 1 aromatic carbocycles. The maximum atomic E-state index is 4.06. The molecule has 1 unspecified atom stereocenters. The van der Waals surface area contributed by atoms with Crippen molar-refractivity contribution in [3.8, 4) is 0 Å². The van der Waals surface area contributed by atoms with Crippen LogP contribution in [0.25, 0.3) is 10.2 Å². The predicted molar refractivity (Wildman–Crippen MR) is 66.7 cm³/mol. The molecular formula is C12H15N3S. The third-order valence-corrected chi connectivity index (χ3v) is 3.92. The first-order chi connectivity index (χ1) is 7.92. The molecule has 1 aromatic heterocycles. The second-order valence-corrected chi connectivity index (χ2v) is 5.28. The van der Waals surface area contributed by atoms with Gasteiger partial charge in [-0.2, -0.15) is 0 Å². The molecular weight excluding hydrogens is 218 g/mol. The van der Waals surface area contributed by atoms with E-state index in [2.05, 4.69) is 33.1 Å². The molecule has 4 heteroatoms. The monoisotopic (exact) mass is 233 g/mol. The summed E-state index contributed by atoms with van der Waals surface area (Å²) in [6.45, 7) is 2.35. The molecule has 2 aromatic rings. The van der Waals surface area contributed by atoms with Crippen molar-refractivity contribution in [2.75, 3.05) is 13.1 Å². The molecule has 0 bridgehead atoms. The summed E-state index contributed by atoms with van der Waals surface area (Å²) in [7, 11) is 0. The van der Waals surface area contributed by atoms with Crippen molar-refractivity contribution >= 4 is 21.7 Å². The van der Waals surface area contributed by atoms with E-state index in [-0.39, 0.29) is 0 Å². The van der Waals surface area contributed by atoms with Gasteiger partial charge in [-0.1, -0.05) is 10.6 Å². The average Bonchev–Trinajstić information content (AvgIpc) is 2.77. The van der Waals surface area contributed by atoms with Crippen molar-refractivity contribution in [3.05, 3.63) is 23.8 Å². The number of rotatable bonds is 2. The highest BCUT2D eigenvalue weighted by Gasteiger charge is 2.13. The number of piperidine rings is 1. The van der Waals surface area contributed by atoms with Gasteiger partial charge < -0.3 is 5.32 Å². The molecule has 0 aliphatic carbocycles. The Hall–Kier alpha value is -1.00. The van der Waals surface area contributed by atoms with Crippen molar-refractivity contribution in [2.45, 2.75) is 19.3 Å². The summed E-state index contributed by atoms with van der Waals surface area (Å²) in [5, 5.41) is 7.53. The van der Waals surface area contributed by atoms with Gasteiger partial charge in [0.25, 0.3) is 0 Å². The van der Waals surface area contributed by atoms with Gasteiger partial charge in [-0.3, -0.25) is 0 Å². The molecule has 16 heavy (non-hydrogen) atoms. The lowest BCUT2D eigenvalue weighted by atomic mass is 9.92. The molecule has 0 amide bonds. The summed E-state index contributed by atoms with van der Waals surface area (Å²) in [6.07, 6.45) is 3.85. The van der Waals surface area contributed by atoms with Crippen molar-refractivity contribution < 1.29 is 0 Å². The van der Waals surface area contributed by atoms with Crippen LogP contribution in [0, 0.1) is 5.92 Å². The van der Waals surface area contributed by atoms with Gasteiger partial charge in [0.1, 0.15) is 5.52 Å². The Kier molecular flexibility index (Phi) is 2.84. The van der Waals surface area contributed by atoms with E-state index in [0.29, 0.717) is 0 Å². The first kappa shape index (κ1) is 10.2. The zero-order valence-electron chi connectivity index (χ0n) is 9.15. The van der Waals surface area contributed by atoms with E-state index in [1.54, 1.807) is 0 Å². The molecule has 1 aliphatic heterocycles. The topological polar surface area (TPSA) is 37.8 Å². The Morgan fingerprint density at radius 1 is 1.44 bits per heavy atom. The number of hydrogen-bond acceptors (Lipinski definition) is 4. The van der Waals surface area contributed by atoms with Gasteiger partial charge >= 0.3 is 0 Å². The Morgan fingerprint density at radius 2 is 2.44 bits per heavy atom. The van der Waals surface area contributed by atoms with E-state index in [0.717, 1.165) is 11.4 Å². The lowest BCUT2D eigenvalue weighted by molar-refractivity contribution is 0.376. The summed E-state index contributed by atoms with van der Waals surface area (Å²) in [4.78, 5) is 0. The quantitative estimate of drug-likeness (QED) is 0.864. The van der Waals surface area contributed by atoms with E-state index in [1.807, 2.05) is 0 Å². The fraction of sp³-hybridized carbons (Fsp3) is 0.500. The first-order valence-electron chi connectivity index (χ1n) is 5.83. The van der Waals surface area contributed by atoms with E-state index in [1.165, 1.54) is 54.1 Å². The predicted octanol–water partition coefficient (Wildman–Crippen LogP) is 2.23. The van der Waals surface area contributed by atoms with Crippen LogP contribution < -0.4 is 5.32 Å². The smallest absolute Gasteiger partial charge is 0.105 e. The minimum Gasteiger partial charge on any atom is -0.316 e. The normalized spacial score (nSPS) is 21.4. The minimum absolute atomic E-state index is 0.798. The van der Waals surface area contributed by atoms with Gasteiger partial charge in [-0.25, -0.2) is 0 Å². The summed E-state index contributed by atoms with van der Waals surface area (Å²) in [6, 6.07) is 6.53. The molecule has 0 spiro atoms. The van der Waals surface area contributed by atoms with Crippen molar-refractivity contribution in [1.82, 2.24) is 14.9 Å². The van der Waals surface area contributed by atoms with Gasteiger partial charge in [-0.15, -0.1) is 5.10 Å². The Labute approximate surface area is 99.0 Å². The Bertz CT molecular complexity index is 474. The second-order valence-electron chi connectivity index (χ2n) is 4.49. The van der Waals surface area contributed by atoms with Gasteiger partial charge in [0, 0.05) is 0 Å². The Balaban J connectivity index is 1.77. The molecule has 3 nitrogen and oxygen atoms in total. The molecule has 3 rings (SSSR count). The van der Waals surface area contributed by atoms with Crippen molar-refractivity contribution in [2.24, 2.45) is 5.92 Å². The molecule has 1 atom stereocenters. The number of fused-ring (bicyclic) bond motifs is 1. The van der Waals surface area contributed by atoms with Crippen molar-refractivity contribution in [3.63, 3.8) is 0 Å². The maximum absolute atomic E-state index is 4.06. The zero-order chi connectivity index (χ0) is 10.8. The van der Waals surface area contributed by atoms with Gasteiger partial charge in [0.2, 0.25) is 0 Å². The van der Waals surface area contributed by atoms with E-state index in [4.69, 9.17) is 0 Å². The number of aromatic nitrogens is 2. The van der Waals surface area contributed by atoms with E-state index in [9.17, 15) is 0 Å². The molecule has 0 saturated carbocycles. The van der Waals surface area contributed by atoms with Crippen LogP contribution in [0.5, 0.6) is 0 Å². The van der Waals surface area contributed by atoms with Crippen LogP contribution in [0.15, 0.2) is 18.2 Å². The van der Waals surface area contributed by atoms with Crippen LogP contribution >= 0.6 is 11.5 Å². The third-order valence-electron chi connectivity index (χ3n) is 3.24. The summed E-state index contributed by atoms with van der Waals surface area (Å²) < 4.78 is 5.18. The number of benzene rings is 1. The molecule has 0 radical (unpaired) electrons. The van der Waals surface area contributed by atoms with Crippen LogP contribution in [0.2, 0.25) is 0 Å². The molecule has 1 N–H and O–H groups in total. The number of nitrogens with zero attached hydrogens (tertiary/aromatic N) is 2. The third kappa shape index (κ3) is 2.08. The minimum atomic E-state index is 0.798. The Morgan fingerprint density at radius 3 is 3.31 bits per heavy atom. The first-order valence-corrected chi connectivity index (χ1v) is 6.61. The SMILES string of the molecule is c1cc2nnsc2cc1CC1CCCNC1. The van der Waals surface area contributed by atoms with Crippen LogP contribution in [-0.2, 0) is 6.42 Å². The largest absolute Gasteiger partial charge is 0.316 e. The number of nitrogens with one attached hydrogen (secondary N) is 1. The van der Waals surface area contributed by atoms with Gasteiger partial charge in [0.15, 0.2) is 0 Å². The fourth-order valence-corrected chi connectivity index (χ4v) is 3.00. The van der Waals surface area contributed by atoms with E-state index >= 15 is 0 Å². The second kappa shape index (κ2) is 4.47. The standard InChI is InChI=1S/C12H15N3S/c1-2-10(8-13-5-1)6-9-3-4-11-12(7-9)16-15-14-11/h3-4,7,10,13H,1-2,5-6,8H2. The van der Waals surface area contributed by atoms with Crippen LogP contribution in [-0.4, -0.2) is 22.7 Å². The van der Waals surface area contributed by atoms with Gasteiger partial charge in [-0.05, 0) is 67.5 Å². The fourth-order valence-electron chi connectivity index (χ4n) is 2.38. The summed E-state index contributed by atoms with van der Waals surface area (Å²) in [5.41, 5.74) is 2.45. The highest BCUT2D eigenvalue weighted by atomic mass is 32.1. The lowest BCUT2D eigenvalue weighted by Gasteiger charge is -2.22. The maximum Gasteiger partial charge on any atom is 0.105 e. The van der Waals surface area contributed by atoms with Crippen molar-refractivity contribution in [1.29, 1.82) is 0 Å². The van der Waals surface area contributed by atoms with E-state index < -0.39 is 0 Å². The lowest BCUT2D eigenvalue weighted by Crippen LogP contribution is -2.30. The van der Waals surface area contributed by atoms with Crippen LogP contribution in [0.3, 0.4) is 0 Å². The summed E-state index contributed by atoms with van der Waals surface area (Å²) >= 11 is 1.49. The molecule has 1 fully saturated rings. The number of hydrogen-bond donors (Lipinski definition) is 1. The highest BCUT2D eigenvalue weighted by Crippen LogP contribution is 2.21. The zero-order valence-corrected chi connectivity index (χ0v) is 9.96. The molecule has 1 aliphatic rings. The van der Waals surface area contributed by atoms with Gasteiger partial charge in [0.05, 0.1) is 4.70 Å². The van der Waals surface area contributed by atoms with Crippen LogP contribution in [0.4, 0.5) is 0 Å². The molecule has 84 valence electrons. The average molecular weight is 233 g/mol. The van der Waals surface area contributed by atoms with Crippen LogP contribution in [0.1, 0.15) is 18.4 Å². The summed E-state index contributed by atoms with van der Waals surface area (Å²) in [5.74, 6) is 0.798. The molecule has 2 heterocycles. The highest BCUT2D eigenvalue weighted by molar-refractivity contribution is 7.12.